The molecule has 1 amide bonds. The zero-order valence-corrected chi connectivity index (χ0v) is 16.9. The normalized spacial score (nSPS) is 18.0. The van der Waals surface area contributed by atoms with Crippen LogP contribution in [0.15, 0.2) is 24.8 Å². The largest absolute Gasteiger partial charge is 0.374 e. The highest BCUT2D eigenvalue weighted by atomic mass is 19.3. The van der Waals surface area contributed by atoms with Crippen LogP contribution in [0.1, 0.15) is 18.4 Å². The second kappa shape index (κ2) is 7.18. The monoisotopic (exact) mass is 447 g/mol. The number of carbonyl (C=O) groups is 1. The van der Waals surface area contributed by atoms with Crippen LogP contribution in [-0.2, 0) is 4.79 Å². The molecule has 1 saturated carbocycles. The molecule has 1 aliphatic carbocycles. The number of alkyl halides is 3. The van der Waals surface area contributed by atoms with Crippen LogP contribution in [0.2, 0.25) is 0 Å². The summed E-state index contributed by atoms with van der Waals surface area (Å²) in [5, 5.41) is 9.39. The molecule has 2 N–H and O–H groups in total. The van der Waals surface area contributed by atoms with Crippen LogP contribution in [0, 0.1) is 11.7 Å². The number of H-pyrrole nitrogens is 1. The van der Waals surface area contributed by atoms with Gasteiger partial charge in [0, 0.05) is 31.2 Å². The van der Waals surface area contributed by atoms with Crippen molar-refractivity contribution in [3.05, 3.63) is 36.2 Å². The van der Waals surface area contributed by atoms with Crippen molar-refractivity contribution in [2.24, 2.45) is 5.92 Å². The zero-order chi connectivity index (χ0) is 22.7. The second-order valence-corrected chi connectivity index (χ2v) is 7.82. The first-order valence-electron chi connectivity index (χ1n) is 9.70. The molecule has 166 valence electrons. The van der Waals surface area contributed by atoms with Gasteiger partial charge >= 0.3 is 0 Å². The molecular weight excluding hydrogens is 430 g/mol. The fourth-order valence-electron chi connectivity index (χ4n) is 3.79. The lowest BCUT2D eigenvalue weighted by molar-refractivity contribution is -0.117. The van der Waals surface area contributed by atoms with Gasteiger partial charge in [-0.05, 0) is 6.42 Å². The predicted octanol–water partition coefficient (Wildman–Crippen LogP) is 3.71. The summed E-state index contributed by atoms with van der Waals surface area (Å²) in [6, 6.07) is 0. The van der Waals surface area contributed by atoms with Crippen LogP contribution in [0.4, 0.5) is 29.1 Å². The summed E-state index contributed by atoms with van der Waals surface area (Å²) in [5.74, 6) is -2.06. The maximum atomic E-state index is 15.2. The summed E-state index contributed by atoms with van der Waals surface area (Å²) >= 11 is 0. The molecule has 0 radical (unpaired) electrons. The van der Waals surface area contributed by atoms with Crippen molar-refractivity contribution in [2.45, 2.75) is 19.0 Å². The molecule has 0 spiro atoms. The van der Waals surface area contributed by atoms with Gasteiger partial charge in [-0.2, -0.15) is 5.10 Å². The van der Waals surface area contributed by atoms with Gasteiger partial charge in [-0.25, -0.2) is 22.5 Å². The Hall–Kier alpha value is -3.70. The van der Waals surface area contributed by atoms with Gasteiger partial charge < -0.3 is 14.6 Å². The number of rotatable bonds is 5. The van der Waals surface area contributed by atoms with Crippen LogP contribution >= 0.6 is 0 Å². The average Bonchev–Trinajstić information content (AvgIpc) is 3.10. The van der Waals surface area contributed by atoms with E-state index in [-0.39, 0.29) is 40.1 Å². The fourth-order valence-corrected chi connectivity index (χ4v) is 3.79. The Kier molecular flexibility index (Phi) is 4.53. The van der Waals surface area contributed by atoms with Crippen LogP contribution < -0.4 is 10.2 Å². The van der Waals surface area contributed by atoms with E-state index < -0.39 is 35.8 Å². The highest BCUT2D eigenvalue weighted by Crippen LogP contribution is 2.43. The fraction of sp³-hybridized carbons (Fsp3) is 0.300. The van der Waals surface area contributed by atoms with E-state index in [0.29, 0.717) is 5.65 Å². The standard InChI is InChI=1S/C20H17F4N7O/c1-30(2)18-16(22)15(19(23)24)14(9-4-26-29-17(9)18)11-6-31-7-12(27-13(31)5-25-11)28-20(32)8-3-10(8)21/h4-8,10,19H,3H2,1-2H3,(H,26,29)(H,28,32)/t8-,10+/m1/s1. The summed E-state index contributed by atoms with van der Waals surface area (Å²) in [5.41, 5.74) is -0.250. The van der Waals surface area contributed by atoms with Crippen molar-refractivity contribution in [1.82, 2.24) is 24.6 Å². The molecule has 0 unspecified atom stereocenters. The number of aromatic nitrogens is 5. The third kappa shape index (κ3) is 3.13. The molecule has 3 heterocycles. The molecule has 0 saturated heterocycles. The number of carbonyl (C=O) groups excluding carboxylic acids is 1. The summed E-state index contributed by atoms with van der Waals surface area (Å²) in [4.78, 5) is 21.7. The van der Waals surface area contributed by atoms with Crippen molar-refractivity contribution in [3.8, 4) is 11.3 Å². The third-order valence-electron chi connectivity index (χ3n) is 5.42. The smallest absolute Gasteiger partial charge is 0.267 e. The minimum absolute atomic E-state index is 0.0310. The Morgan fingerprint density at radius 1 is 1.31 bits per heavy atom. The van der Waals surface area contributed by atoms with Crippen LogP contribution in [0.5, 0.6) is 0 Å². The maximum Gasteiger partial charge on any atom is 0.267 e. The number of fused-ring (bicyclic) bond motifs is 2. The lowest BCUT2D eigenvalue weighted by Crippen LogP contribution is -2.15. The predicted molar refractivity (Wildman–Crippen MR) is 109 cm³/mol. The first-order chi connectivity index (χ1) is 15.3. The second-order valence-electron chi connectivity index (χ2n) is 7.82. The molecule has 8 nitrogen and oxygen atoms in total. The lowest BCUT2D eigenvalue weighted by atomic mass is 9.98. The van der Waals surface area contributed by atoms with E-state index in [1.807, 2.05) is 0 Å². The zero-order valence-electron chi connectivity index (χ0n) is 16.9. The molecule has 12 heteroatoms. The van der Waals surface area contributed by atoms with Crippen molar-refractivity contribution in [1.29, 1.82) is 0 Å². The van der Waals surface area contributed by atoms with Gasteiger partial charge in [0.1, 0.15) is 6.17 Å². The van der Waals surface area contributed by atoms with E-state index in [1.165, 1.54) is 34.1 Å². The van der Waals surface area contributed by atoms with Crippen molar-refractivity contribution >= 4 is 34.0 Å². The molecule has 3 aromatic heterocycles. The highest BCUT2D eigenvalue weighted by molar-refractivity contribution is 6.02. The van der Waals surface area contributed by atoms with Gasteiger partial charge in [-0.3, -0.25) is 14.9 Å². The van der Waals surface area contributed by atoms with Crippen molar-refractivity contribution < 1.29 is 22.4 Å². The molecule has 0 bridgehead atoms. The van der Waals surface area contributed by atoms with Crippen LogP contribution in [-0.4, -0.2) is 50.7 Å². The number of benzene rings is 1. The van der Waals surface area contributed by atoms with Gasteiger partial charge in [0.05, 0.1) is 47.0 Å². The van der Waals surface area contributed by atoms with Crippen molar-refractivity contribution in [3.63, 3.8) is 0 Å². The lowest BCUT2D eigenvalue weighted by Gasteiger charge is -2.20. The van der Waals surface area contributed by atoms with Gasteiger partial charge in [0.2, 0.25) is 5.91 Å². The number of hydrogen-bond donors (Lipinski definition) is 2. The number of nitrogens with zero attached hydrogens (tertiary/aromatic N) is 5. The Morgan fingerprint density at radius 3 is 2.72 bits per heavy atom. The molecule has 4 aromatic rings. The number of nitrogens with one attached hydrogen (secondary N) is 2. The summed E-state index contributed by atoms with van der Waals surface area (Å²) < 4.78 is 57.8. The number of imidazole rings is 1. The minimum atomic E-state index is -3.11. The average molecular weight is 447 g/mol. The van der Waals surface area contributed by atoms with Gasteiger partial charge in [-0.1, -0.05) is 0 Å². The molecule has 5 rings (SSSR count). The van der Waals surface area contributed by atoms with Gasteiger partial charge in [0.25, 0.3) is 6.43 Å². The van der Waals surface area contributed by atoms with Crippen LogP contribution in [0.25, 0.3) is 27.8 Å². The summed E-state index contributed by atoms with van der Waals surface area (Å²) in [6.45, 7) is 0. The Morgan fingerprint density at radius 2 is 2.06 bits per heavy atom. The van der Waals surface area contributed by atoms with Crippen molar-refractivity contribution in [2.75, 3.05) is 24.3 Å². The molecule has 1 aromatic carbocycles. The highest BCUT2D eigenvalue weighted by Gasteiger charge is 2.43. The van der Waals surface area contributed by atoms with E-state index in [1.54, 1.807) is 14.1 Å². The van der Waals surface area contributed by atoms with Gasteiger partial charge in [-0.15, -0.1) is 0 Å². The number of halogens is 4. The third-order valence-corrected chi connectivity index (χ3v) is 5.42. The van der Waals surface area contributed by atoms with Crippen LogP contribution in [0.3, 0.4) is 0 Å². The molecule has 1 aliphatic rings. The topological polar surface area (TPSA) is 91.2 Å². The quantitative estimate of drug-likeness (QED) is 0.455. The molecule has 32 heavy (non-hydrogen) atoms. The number of hydrogen-bond acceptors (Lipinski definition) is 5. The summed E-state index contributed by atoms with van der Waals surface area (Å²) in [7, 11) is 3.10. The Balaban J connectivity index is 1.64. The molecule has 1 fully saturated rings. The first-order valence-corrected chi connectivity index (χ1v) is 9.70. The maximum absolute atomic E-state index is 15.2. The van der Waals surface area contributed by atoms with E-state index in [9.17, 15) is 18.0 Å². The van der Waals surface area contributed by atoms with E-state index >= 15 is 4.39 Å². The SMILES string of the molecule is CN(C)c1c(F)c(C(F)F)c(-c2cn3cc(NC(=O)[C@@H]4C[C@@H]4F)nc3cn2)c2cn[nH]c12. The number of amides is 1. The molecule has 0 aliphatic heterocycles. The van der Waals surface area contributed by atoms with E-state index in [0.717, 1.165) is 0 Å². The van der Waals surface area contributed by atoms with Gasteiger partial charge in [0.15, 0.2) is 17.3 Å². The Bertz CT molecular complexity index is 1360. The first kappa shape index (κ1) is 20.2. The van der Waals surface area contributed by atoms with E-state index in [2.05, 4.69) is 25.5 Å². The Labute approximate surface area is 178 Å². The van der Waals surface area contributed by atoms with E-state index in [4.69, 9.17) is 0 Å². The number of anilines is 2. The summed E-state index contributed by atoms with van der Waals surface area (Å²) in [6.07, 6.45) is 1.45. The molecular formula is C20H17F4N7O. The molecule has 2 atom stereocenters. The minimum Gasteiger partial charge on any atom is -0.374 e. The number of aromatic amines is 1.